The molecule has 6 aliphatic rings. The first-order valence-corrected chi connectivity index (χ1v) is 20.4. The minimum Gasteiger partial charge on any atom is -0.507 e. The van der Waals surface area contributed by atoms with Gasteiger partial charge in [-0.2, -0.15) is 0 Å². The van der Waals surface area contributed by atoms with Gasteiger partial charge in [-0.15, -0.1) is 0 Å². The molecule has 2 aliphatic carbocycles. The van der Waals surface area contributed by atoms with E-state index in [1.165, 1.54) is 0 Å². The van der Waals surface area contributed by atoms with E-state index in [-0.39, 0.29) is 36.8 Å². The van der Waals surface area contributed by atoms with Crippen molar-refractivity contribution in [1.29, 1.82) is 0 Å². The van der Waals surface area contributed by atoms with Crippen LogP contribution in [0.5, 0.6) is 11.5 Å². The fourth-order valence-electron chi connectivity index (χ4n) is 9.50. The van der Waals surface area contributed by atoms with E-state index in [9.17, 15) is 80.5 Å². The zero-order valence-corrected chi connectivity index (χ0v) is 33.6. The number of fused-ring (bicyclic) bond motifs is 2. The van der Waals surface area contributed by atoms with Crippen LogP contribution in [-0.2, 0) is 47.5 Å². The number of carboxylic acids is 2. The van der Waals surface area contributed by atoms with Gasteiger partial charge in [0.2, 0.25) is 12.6 Å². The molecule has 0 unspecified atom stereocenters. The number of aliphatic carboxylic acids is 2. The number of carboxylic acid groups (broad SMARTS) is 2. The van der Waals surface area contributed by atoms with Crippen molar-refractivity contribution in [1.82, 2.24) is 0 Å². The van der Waals surface area contributed by atoms with Gasteiger partial charge in [-0.25, -0.2) is 19.2 Å². The van der Waals surface area contributed by atoms with Crippen LogP contribution in [0.3, 0.4) is 0 Å². The van der Waals surface area contributed by atoms with Gasteiger partial charge in [0.05, 0.1) is 50.1 Å². The van der Waals surface area contributed by atoms with E-state index in [0.29, 0.717) is 0 Å². The Morgan fingerprint density at radius 1 is 0.547 bits per heavy atom. The quantitative estimate of drug-likeness (QED) is 0.0653. The van der Waals surface area contributed by atoms with Gasteiger partial charge in [0.25, 0.3) is 0 Å². The zero-order chi connectivity index (χ0) is 46.3. The first kappa shape index (κ1) is 47.3. The van der Waals surface area contributed by atoms with Crippen molar-refractivity contribution in [3.8, 4) is 11.5 Å². The number of aliphatic hydroxyl groups excluding tert-OH is 8. The maximum atomic E-state index is 13.3. The van der Waals surface area contributed by atoms with Gasteiger partial charge in [-0.05, 0) is 37.8 Å². The van der Waals surface area contributed by atoms with Crippen LogP contribution in [0.2, 0.25) is 0 Å². The maximum Gasteiger partial charge on any atom is 0.342 e. The first-order valence-electron chi connectivity index (χ1n) is 20.4. The van der Waals surface area contributed by atoms with Gasteiger partial charge in [-0.1, -0.05) is 0 Å². The largest absolute Gasteiger partial charge is 0.507 e. The van der Waals surface area contributed by atoms with Gasteiger partial charge >= 0.3 is 23.9 Å². The Hall–Kier alpha value is -4.70. The van der Waals surface area contributed by atoms with Crippen molar-refractivity contribution in [2.75, 3.05) is 26.4 Å². The van der Waals surface area contributed by atoms with Crippen LogP contribution in [0.4, 0.5) is 0 Å². The summed E-state index contributed by atoms with van der Waals surface area (Å²) in [6.45, 7) is -2.28. The standard InChI is InChI=1S/C40H50O24/c41-7-23-27(45)29(47)31(49)39(61-23)63-37-25-13(1-3-15(25)19(11-59-37)33(51)52)9-57-35(55)17-5-22(44)18(6-21(17)43)36(56)58-10-14-2-4-16-20(34(53)54)12-60-38(26(14)16)64-40-32(50)30(48)28(46)24(8-42)62-40/h5-6,11-16,23-32,37-50H,1-4,7-10H2,(H,51,52)(H,53,54)/t13-,14-,15-,16-,23-,24-,25-,26-,27-,28-,29+,30+,31-,32-,37+,38+,39+,40+/m1/s1. The molecule has 24 nitrogen and oxygen atoms in total. The summed E-state index contributed by atoms with van der Waals surface area (Å²) in [6.07, 6.45) is -16.0. The molecule has 24 heteroatoms. The van der Waals surface area contributed by atoms with Crippen LogP contribution in [0, 0.1) is 35.5 Å². The molecule has 4 fully saturated rings. The minimum absolute atomic E-state index is 0.111. The molecule has 7 rings (SSSR count). The third-order valence-corrected chi connectivity index (χ3v) is 12.9. The molecular weight excluding hydrogens is 864 g/mol. The van der Waals surface area contributed by atoms with Crippen molar-refractivity contribution < 1.29 is 118 Å². The summed E-state index contributed by atoms with van der Waals surface area (Å²) in [4.78, 5) is 50.7. The molecule has 0 radical (unpaired) electrons. The van der Waals surface area contributed by atoms with Gasteiger partial charge in [0.1, 0.15) is 71.5 Å². The van der Waals surface area contributed by atoms with Crippen LogP contribution in [0.25, 0.3) is 0 Å². The highest BCUT2D eigenvalue weighted by atomic mass is 16.8. The normalized spacial score (nSPS) is 39.2. The van der Waals surface area contributed by atoms with Crippen LogP contribution in [-0.4, -0.2) is 186 Å². The van der Waals surface area contributed by atoms with Crippen molar-refractivity contribution in [3.63, 3.8) is 0 Å². The summed E-state index contributed by atoms with van der Waals surface area (Å²) in [5, 5.41) is 122. The Bertz CT molecular complexity index is 1830. The number of hydrogen-bond acceptors (Lipinski definition) is 22. The first-order chi connectivity index (χ1) is 30.4. The monoisotopic (exact) mass is 914 g/mol. The lowest BCUT2D eigenvalue weighted by molar-refractivity contribution is -0.343. The Labute approximate surface area is 362 Å². The van der Waals surface area contributed by atoms with Crippen molar-refractivity contribution in [2.24, 2.45) is 35.5 Å². The topological polar surface area (TPSA) is 385 Å². The summed E-state index contributed by atoms with van der Waals surface area (Å²) in [5.41, 5.74) is -1.35. The lowest BCUT2D eigenvalue weighted by atomic mass is 9.83. The summed E-state index contributed by atoms with van der Waals surface area (Å²) >= 11 is 0. The molecule has 18 atom stereocenters. The molecular formula is C40H50O24. The van der Waals surface area contributed by atoms with Crippen LogP contribution in [0.15, 0.2) is 35.8 Å². The number of ether oxygens (including phenoxy) is 8. The molecule has 0 aromatic heterocycles. The highest BCUT2D eigenvalue weighted by Gasteiger charge is 2.54. The molecule has 354 valence electrons. The minimum atomic E-state index is -1.80. The van der Waals surface area contributed by atoms with Crippen molar-refractivity contribution in [2.45, 2.75) is 99.7 Å². The van der Waals surface area contributed by atoms with Crippen LogP contribution >= 0.6 is 0 Å². The number of carbonyl (C=O) groups is 4. The number of phenols is 2. The number of carbonyl (C=O) groups excluding carboxylic acids is 2. The molecule has 0 spiro atoms. The average Bonchev–Trinajstić information content (AvgIpc) is 3.91. The summed E-state index contributed by atoms with van der Waals surface area (Å²) in [6, 6.07) is 1.53. The van der Waals surface area contributed by atoms with Gasteiger partial charge in [0, 0.05) is 35.5 Å². The molecule has 4 aliphatic heterocycles. The van der Waals surface area contributed by atoms with Crippen molar-refractivity contribution >= 4 is 23.9 Å². The number of phenolic OH excluding ortho intramolecular Hbond substituents is 2. The Kier molecular flexibility index (Phi) is 14.3. The summed E-state index contributed by atoms with van der Waals surface area (Å²) < 4.78 is 44.7. The predicted molar refractivity (Wildman–Crippen MR) is 201 cm³/mol. The van der Waals surface area contributed by atoms with E-state index in [2.05, 4.69) is 0 Å². The highest BCUT2D eigenvalue weighted by Crippen LogP contribution is 2.49. The SMILES string of the molecule is O=C(O)C1=CO[C@@H](O[C@@H]2O[C@H](CO)[C@@H](O)[C@H](O)[C@H]2O)[C@@H]2[C@@H](COC(=O)c3cc(O)c(C(=O)OC[C@H]4CC[C@@H]5C(C(=O)O)=CO[C@@H](O[C@@H]6O[C@H](CO)[C@@H](O)[C@H](O)[C@H]6O)[C@H]45)cc3O)CC[C@H]12. The number of hydrogen-bond donors (Lipinski definition) is 12. The molecule has 1 aromatic rings. The fourth-order valence-corrected chi connectivity index (χ4v) is 9.50. The molecule has 12 N–H and O–H groups in total. The van der Waals surface area contributed by atoms with Gasteiger partial charge in [-0.3, -0.25) is 0 Å². The lowest BCUT2D eigenvalue weighted by Gasteiger charge is -2.43. The number of esters is 2. The molecule has 1 aromatic carbocycles. The average molecular weight is 915 g/mol. The van der Waals surface area contributed by atoms with Gasteiger partial charge in [0.15, 0.2) is 12.6 Å². The maximum absolute atomic E-state index is 13.3. The van der Waals surface area contributed by atoms with E-state index >= 15 is 0 Å². The number of benzene rings is 1. The molecule has 64 heavy (non-hydrogen) atoms. The van der Waals surface area contributed by atoms with E-state index < -0.39 is 182 Å². The third-order valence-electron chi connectivity index (χ3n) is 12.9. The second-order valence-corrected chi connectivity index (χ2v) is 16.6. The van der Waals surface area contributed by atoms with E-state index in [1.807, 2.05) is 0 Å². The molecule has 0 bridgehead atoms. The molecule has 2 saturated carbocycles. The third kappa shape index (κ3) is 9.10. The van der Waals surface area contributed by atoms with Crippen LogP contribution in [0.1, 0.15) is 46.4 Å². The highest BCUT2D eigenvalue weighted by molar-refractivity contribution is 5.98. The van der Waals surface area contributed by atoms with Crippen LogP contribution < -0.4 is 0 Å². The molecule has 0 amide bonds. The fraction of sp³-hybridized carbons (Fsp3) is 0.650. The smallest absolute Gasteiger partial charge is 0.342 e. The number of rotatable bonds is 14. The van der Waals surface area contributed by atoms with E-state index in [1.54, 1.807) is 0 Å². The summed E-state index contributed by atoms with van der Waals surface area (Å²) in [7, 11) is 0. The number of aromatic hydroxyl groups is 2. The Morgan fingerprint density at radius 2 is 0.922 bits per heavy atom. The zero-order valence-electron chi connectivity index (χ0n) is 33.6. The second kappa shape index (κ2) is 19.4. The Balaban J connectivity index is 0.994. The molecule has 4 heterocycles. The van der Waals surface area contributed by atoms with E-state index in [4.69, 9.17) is 37.9 Å². The van der Waals surface area contributed by atoms with Gasteiger partial charge < -0.3 is 99.2 Å². The predicted octanol–water partition coefficient (Wildman–Crippen LogP) is -3.02. The molecule has 2 saturated heterocycles. The second-order valence-electron chi connectivity index (χ2n) is 16.6. The van der Waals surface area contributed by atoms with Crippen molar-refractivity contribution in [3.05, 3.63) is 46.9 Å². The number of aliphatic hydroxyl groups is 8. The Morgan fingerprint density at radius 3 is 1.27 bits per heavy atom. The van der Waals surface area contributed by atoms with E-state index in [0.717, 1.165) is 24.7 Å². The summed E-state index contributed by atoms with van der Waals surface area (Å²) in [5.74, 6) is -10.9. The lowest BCUT2D eigenvalue weighted by Crippen LogP contribution is -2.60.